The van der Waals surface area contributed by atoms with Gasteiger partial charge in [-0.3, -0.25) is 4.79 Å². The van der Waals surface area contributed by atoms with E-state index in [-0.39, 0.29) is 11.1 Å². The second-order valence-corrected chi connectivity index (χ2v) is 8.77. The van der Waals surface area contributed by atoms with Crippen LogP contribution in [0.25, 0.3) is 11.5 Å². The van der Waals surface area contributed by atoms with Gasteiger partial charge in [-0.15, -0.1) is 10.2 Å². The van der Waals surface area contributed by atoms with Crippen LogP contribution < -0.4 is 14.8 Å². The quantitative estimate of drug-likeness (QED) is 0.292. The van der Waals surface area contributed by atoms with Crippen LogP contribution in [0.4, 0.5) is 5.69 Å². The van der Waals surface area contributed by atoms with Crippen molar-refractivity contribution in [2.24, 2.45) is 0 Å². The molecule has 4 aromatic rings. The summed E-state index contributed by atoms with van der Waals surface area (Å²) in [5.41, 5.74) is 3.02. The first-order valence-corrected chi connectivity index (χ1v) is 11.6. The number of nitrogens with one attached hydrogen (secondary N) is 1. The number of carbonyl (C=O) groups is 1. The smallest absolute Gasteiger partial charge is 0.277 e. The number of methoxy groups -OCH3 is 2. The van der Waals surface area contributed by atoms with Crippen LogP contribution in [0.5, 0.6) is 11.5 Å². The van der Waals surface area contributed by atoms with Crippen molar-refractivity contribution >= 4 is 35.0 Å². The maximum atomic E-state index is 13.2. The van der Waals surface area contributed by atoms with Gasteiger partial charge in [0.2, 0.25) is 11.8 Å². The normalized spacial score (nSPS) is 11.6. The number of aryl methyl sites for hydroxylation is 1. The molecule has 1 N–H and O–H groups in total. The number of ether oxygens (including phenoxy) is 2. The Kier molecular flexibility index (Phi) is 7.40. The first-order valence-electron chi connectivity index (χ1n) is 10.3. The number of amides is 1. The van der Waals surface area contributed by atoms with Gasteiger partial charge in [-0.1, -0.05) is 48.0 Å². The Morgan fingerprint density at radius 3 is 2.47 bits per heavy atom. The Hall–Kier alpha value is -3.49. The minimum Gasteiger partial charge on any atom is -0.493 e. The van der Waals surface area contributed by atoms with Gasteiger partial charge >= 0.3 is 0 Å². The minimum absolute atomic E-state index is 0.234. The highest BCUT2D eigenvalue weighted by molar-refractivity contribution is 8.00. The first kappa shape index (κ1) is 23.7. The number of halogens is 1. The number of thioether (sulfide) groups is 1. The molecule has 1 aromatic heterocycles. The summed E-state index contributed by atoms with van der Waals surface area (Å²) in [4.78, 5) is 13.2. The fraction of sp³-hybridized carbons (Fsp3) is 0.160. The van der Waals surface area contributed by atoms with Crippen molar-refractivity contribution in [3.8, 4) is 23.0 Å². The predicted molar refractivity (Wildman–Crippen MR) is 133 cm³/mol. The molecule has 0 saturated heterocycles. The summed E-state index contributed by atoms with van der Waals surface area (Å²) >= 11 is 7.39. The molecular weight excluding hydrogens is 474 g/mol. The molecule has 9 heteroatoms. The molecule has 0 fully saturated rings. The van der Waals surface area contributed by atoms with Crippen molar-refractivity contribution in [3.05, 3.63) is 82.9 Å². The van der Waals surface area contributed by atoms with E-state index in [1.807, 2.05) is 49.4 Å². The van der Waals surface area contributed by atoms with Crippen molar-refractivity contribution < 1.29 is 18.7 Å². The Morgan fingerprint density at radius 2 is 1.76 bits per heavy atom. The third-order valence-electron chi connectivity index (χ3n) is 5.04. The molecule has 4 rings (SSSR count). The summed E-state index contributed by atoms with van der Waals surface area (Å²) in [6.07, 6.45) is 0. The van der Waals surface area contributed by atoms with Crippen LogP contribution in [-0.2, 0) is 4.79 Å². The van der Waals surface area contributed by atoms with Crippen LogP contribution in [0, 0.1) is 6.92 Å². The lowest BCUT2D eigenvalue weighted by molar-refractivity contribution is -0.115. The number of anilines is 1. The van der Waals surface area contributed by atoms with E-state index in [4.69, 9.17) is 25.5 Å². The van der Waals surface area contributed by atoms with Crippen molar-refractivity contribution in [1.29, 1.82) is 0 Å². The molecule has 1 amide bonds. The van der Waals surface area contributed by atoms with Crippen LogP contribution in [0.2, 0.25) is 5.02 Å². The lowest BCUT2D eigenvalue weighted by Crippen LogP contribution is -2.19. The van der Waals surface area contributed by atoms with Gasteiger partial charge in [0.25, 0.3) is 5.22 Å². The summed E-state index contributed by atoms with van der Waals surface area (Å²) < 4.78 is 16.5. The van der Waals surface area contributed by atoms with Crippen molar-refractivity contribution in [2.75, 3.05) is 19.5 Å². The highest BCUT2D eigenvalue weighted by atomic mass is 35.5. The molecule has 0 saturated carbocycles. The van der Waals surface area contributed by atoms with Gasteiger partial charge in [-0.2, -0.15) is 0 Å². The summed E-state index contributed by atoms with van der Waals surface area (Å²) in [6, 6.07) is 20.1. The van der Waals surface area contributed by atoms with Gasteiger partial charge in [0.1, 0.15) is 5.25 Å². The maximum Gasteiger partial charge on any atom is 0.277 e. The molecule has 0 spiro atoms. The molecule has 1 atom stereocenters. The van der Waals surface area contributed by atoms with Crippen molar-refractivity contribution in [3.63, 3.8) is 0 Å². The second-order valence-electron chi connectivity index (χ2n) is 7.30. The molecule has 34 heavy (non-hydrogen) atoms. The van der Waals surface area contributed by atoms with Gasteiger partial charge in [0.05, 0.1) is 14.2 Å². The second kappa shape index (κ2) is 10.6. The van der Waals surface area contributed by atoms with Crippen LogP contribution in [0.1, 0.15) is 16.4 Å². The number of aromatic nitrogens is 2. The van der Waals surface area contributed by atoms with Gasteiger partial charge in [-0.05, 0) is 60.1 Å². The fourth-order valence-corrected chi connectivity index (χ4v) is 4.28. The van der Waals surface area contributed by atoms with Crippen LogP contribution in [-0.4, -0.2) is 30.3 Å². The van der Waals surface area contributed by atoms with E-state index in [9.17, 15) is 4.79 Å². The Bertz CT molecular complexity index is 1300. The zero-order chi connectivity index (χ0) is 24.1. The number of nitrogens with zero attached hydrogens (tertiary/aromatic N) is 2. The third kappa shape index (κ3) is 5.35. The molecule has 0 bridgehead atoms. The number of carbonyl (C=O) groups excluding carboxylic acids is 1. The average Bonchev–Trinajstić information content (AvgIpc) is 3.33. The average molecular weight is 496 g/mol. The van der Waals surface area contributed by atoms with Gasteiger partial charge in [0, 0.05) is 16.3 Å². The predicted octanol–water partition coefficient (Wildman–Crippen LogP) is 6.19. The minimum atomic E-state index is -0.625. The number of hydrogen-bond donors (Lipinski definition) is 1. The van der Waals surface area contributed by atoms with Crippen LogP contribution in [0.15, 0.2) is 76.4 Å². The highest BCUT2D eigenvalue weighted by Gasteiger charge is 2.25. The fourth-order valence-electron chi connectivity index (χ4n) is 3.22. The summed E-state index contributed by atoms with van der Waals surface area (Å²) in [5.74, 6) is 1.21. The van der Waals surface area contributed by atoms with Gasteiger partial charge < -0.3 is 19.2 Å². The maximum absolute atomic E-state index is 13.2. The molecule has 0 aliphatic heterocycles. The van der Waals surface area contributed by atoms with Crippen LogP contribution in [0.3, 0.4) is 0 Å². The summed E-state index contributed by atoms with van der Waals surface area (Å²) in [6.45, 7) is 1.90. The SMILES string of the molecule is COc1ccc(-c2nnc(SC(C(=O)Nc3ccc(C)c(Cl)c3)c3ccccc3)o2)cc1OC. The molecule has 1 unspecified atom stereocenters. The Morgan fingerprint density at radius 1 is 1.00 bits per heavy atom. The monoisotopic (exact) mass is 495 g/mol. The van der Waals surface area contributed by atoms with E-state index in [0.717, 1.165) is 11.1 Å². The molecule has 1 heterocycles. The Labute approximate surface area is 206 Å². The number of benzene rings is 3. The van der Waals surface area contributed by atoms with Crippen molar-refractivity contribution in [1.82, 2.24) is 10.2 Å². The molecule has 7 nitrogen and oxygen atoms in total. The first-order chi connectivity index (χ1) is 16.5. The molecule has 174 valence electrons. The molecule has 0 aliphatic carbocycles. The van der Waals surface area contributed by atoms with Gasteiger partial charge in [-0.25, -0.2) is 0 Å². The Balaban J connectivity index is 1.58. The molecule has 0 radical (unpaired) electrons. The van der Waals surface area contributed by atoms with Crippen LogP contribution >= 0.6 is 23.4 Å². The van der Waals surface area contributed by atoms with E-state index >= 15 is 0 Å². The summed E-state index contributed by atoms with van der Waals surface area (Å²) in [5, 5.41) is 11.4. The lowest BCUT2D eigenvalue weighted by Gasteiger charge is -2.15. The molecule has 0 aliphatic rings. The standard InChI is InChI=1S/C25H22ClN3O4S/c1-15-9-11-18(14-19(15)26)27-23(30)22(16-7-5-4-6-8-16)34-25-29-28-24(33-25)17-10-12-20(31-2)21(13-17)32-3/h4-14,22H,1-3H3,(H,27,30). The van der Waals surface area contributed by atoms with E-state index in [0.29, 0.717) is 33.7 Å². The lowest BCUT2D eigenvalue weighted by atomic mass is 10.1. The van der Waals surface area contributed by atoms with E-state index in [2.05, 4.69) is 15.5 Å². The van der Waals surface area contributed by atoms with Crippen molar-refractivity contribution in [2.45, 2.75) is 17.4 Å². The number of rotatable bonds is 8. The largest absolute Gasteiger partial charge is 0.493 e. The zero-order valence-corrected chi connectivity index (χ0v) is 20.3. The molecule has 3 aromatic carbocycles. The molecular formula is C25H22ClN3O4S. The topological polar surface area (TPSA) is 86.5 Å². The number of hydrogen-bond acceptors (Lipinski definition) is 7. The highest BCUT2D eigenvalue weighted by Crippen LogP contribution is 2.38. The zero-order valence-electron chi connectivity index (χ0n) is 18.7. The van der Waals surface area contributed by atoms with E-state index < -0.39 is 5.25 Å². The third-order valence-corrected chi connectivity index (χ3v) is 6.53. The van der Waals surface area contributed by atoms with Gasteiger partial charge in [0.15, 0.2) is 11.5 Å². The van der Waals surface area contributed by atoms with E-state index in [1.165, 1.54) is 11.8 Å². The van der Waals surface area contributed by atoms with E-state index in [1.54, 1.807) is 38.5 Å². The summed E-state index contributed by atoms with van der Waals surface area (Å²) in [7, 11) is 3.12.